The molecule has 0 fully saturated rings. The molecule has 5 heteroatoms. The number of imidazole rings is 1. The van der Waals surface area contributed by atoms with E-state index in [4.69, 9.17) is 0 Å². The Bertz CT molecular complexity index is 532. The third kappa shape index (κ3) is 1.97. The minimum absolute atomic E-state index is 0.466. The summed E-state index contributed by atoms with van der Waals surface area (Å²) in [6, 6.07) is 3.88. The number of fused-ring (bicyclic) bond motifs is 1. The van der Waals surface area contributed by atoms with Crippen LogP contribution in [0.3, 0.4) is 0 Å². The summed E-state index contributed by atoms with van der Waals surface area (Å²) in [5.74, 6) is 2.01. The van der Waals surface area contributed by atoms with Crippen LogP contribution in [0.2, 0.25) is 0 Å². The van der Waals surface area contributed by atoms with Crippen molar-refractivity contribution in [2.45, 2.75) is 26.1 Å². The molecule has 2 aromatic heterocycles. The summed E-state index contributed by atoms with van der Waals surface area (Å²) in [7, 11) is 0. The molecule has 1 aliphatic rings. The van der Waals surface area contributed by atoms with E-state index >= 15 is 0 Å². The average Bonchev–Trinajstić information content (AvgIpc) is 2.86. The van der Waals surface area contributed by atoms with Crippen LogP contribution in [0, 0.1) is 0 Å². The summed E-state index contributed by atoms with van der Waals surface area (Å²) in [6.07, 6.45) is 5.12. The Morgan fingerprint density at radius 2 is 2.17 bits per heavy atom. The van der Waals surface area contributed by atoms with E-state index in [-0.39, 0.29) is 0 Å². The van der Waals surface area contributed by atoms with E-state index in [1.165, 1.54) is 0 Å². The Balaban J connectivity index is 1.80. The molecule has 0 aromatic carbocycles. The van der Waals surface area contributed by atoms with Gasteiger partial charge in [0.05, 0.1) is 12.6 Å². The van der Waals surface area contributed by atoms with Crippen molar-refractivity contribution in [1.82, 2.24) is 14.5 Å². The van der Waals surface area contributed by atoms with E-state index in [1.54, 1.807) is 13.1 Å². The lowest BCUT2D eigenvalue weighted by Crippen LogP contribution is -2.34. The fraction of sp³-hybridized carbons (Fsp3) is 0.385. The Morgan fingerprint density at radius 3 is 2.89 bits per heavy atom. The van der Waals surface area contributed by atoms with Gasteiger partial charge in [0.2, 0.25) is 0 Å². The van der Waals surface area contributed by atoms with Gasteiger partial charge in [-0.3, -0.25) is 0 Å². The largest absolute Gasteiger partial charge is 0.389 e. The molecule has 0 bridgehead atoms. The first kappa shape index (κ1) is 11.2. The number of aliphatic hydroxyl groups is 1. The van der Waals surface area contributed by atoms with E-state index in [0.717, 1.165) is 36.8 Å². The molecule has 0 unspecified atom stereocenters. The van der Waals surface area contributed by atoms with Gasteiger partial charge >= 0.3 is 0 Å². The number of nitrogens with zero attached hydrogens (tertiary/aromatic N) is 4. The van der Waals surface area contributed by atoms with Crippen LogP contribution in [0.1, 0.15) is 24.4 Å². The van der Waals surface area contributed by atoms with Gasteiger partial charge in [-0.05, 0) is 18.6 Å². The summed E-state index contributed by atoms with van der Waals surface area (Å²) < 4.78 is 2.17. The second kappa shape index (κ2) is 4.42. The highest BCUT2D eigenvalue weighted by atomic mass is 16.3. The third-order valence-electron chi connectivity index (χ3n) is 3.32. The smallest absolute Gasteiger partial charge is 0.128 e. The van der Waals surface area contributed by atoms with Crippen LogP contribution in [0.5, 0.6) is 0 Å². The van der Waals surface area contributed by atoms with Crippen molar-refractivity contribution in [3.63, 3.8) is 0 Å². The number of pyridine rings is 1. The molecule has 0 saturated heterocycles. The second-order valence-corrected chi connectivity index (χ2v) is 4.58. The summed E-state index contributed by atoms with van der Waals surface area (Å²) >= 11 is 0. The maximum absolute atomic E-state index is 9.46. The van der Waals surface area contributed by atoms with Crippen molar-refractivity contribution < 1.29 is 5.11 Å². The predicted octanol–water partition coefficient (Wildman–Crippen LogP) is 1.35. The zero-order chi connectivity index (χ0) is 12.5. The Morgan fingerprint density at radius 1 is 1.28 bits per heavy atom. The lowest BCUT2D eigenvalue weighted by atomic mass is 10.2. The molecule has 94 valence electrons. The average molecular weight is 244 g/mol. The van der Waals surface area contributed by atoms with Gasteiger partial charge in [-0.15, -0.1) is 0 Å². The molecule has 0 spiro atoms. The minimum atomic E-state index is -0.466. The predicted molar refractivity (Wildman–Crippen MR) is 68.1 cm³/mol. The highest BCUT2D eigenvalue weighted by Gasteiger charge is 2.17. The normalized spacial score (nSPS) is 16.4. The van der Waals surface area contributed by atoms with Gasteiger partial charge in [-0.2, -0.15) is 0 Å². The second-order valence-electron chi connectivity index (χ2n) is 4.58. The zero-order valence-corrected chi connectivity index (χ0v) is 10.3. The van der Waals surface area contributed by atoms with Crippen molar-refractivity contribution in [2.75, 3.05) is 11.4 Å². The topological polar surface area (TPSA) is 54.2 Å². The van der Waals surface area contributed by atoms with Gasteiger partial charge in [0.1, 0.15) is 11.6 Å². The fourth-order valence-electron chi connectivity index (χ4n) is 2.20. The van der Waals surface area contributed by atoms with Crippen LogP contribution in [-0.2, 0) is 13.1 Å². The molecule has 5 nitrogen and oxygen atoms in total. The van der Waals surface area contributed by atoms with Crippen LogP contribution >= 0.6 is 0 Å². The molecule has 18 heavy (non-hydrogen) atoms. The van der Waals surface area contributed by atoms with Gasteiger partial charge < -0.3 is 14.6 Å². The summed E-state index contributed by atoms with van der Waals surface area (Å²) in [6.45, 7) is 4.40. The lowest BCUT2D eigenvalue weighted by Gasteiger charge is -2.28. The molecular weight excluding hydrogens is 228 g/mol. The maximum atomic E-state index is 9.46. The molecule has 1 N–H and O–H groups in total. The first-order valence-electron chi connectivity index (χ1n) is 6.13. The van der Waals surface area contributed by atoms with Gasteiger partial charge in [-0.25, -0.2) is 9.97 Å². The first-order chi connectivity index (χ1) is 8.74. The van der Waals surface area contributed by atoms with Crippen LogP contribution in [0.25, 0.3) is 0 Å². The van der Waals surface area contributed by atoms with Crippen LogP contribution in [-0.4, -0.2) is 26.2 Å². The van der Waals surface area contributed by atoms with E-state index in [1.807, 2.05) is 24.5 Å². The maximum Gasteiger partial charge on any atom is 0.128 e. The lowest BCUT2D eigenvalue weighted by molar-refractivity contribution is 0.199. The number of rotatable bonds is 2. The highest BCUT2D eigenvalue weighted by molar-refractivity contribution is 5.40. The van der Waals surface area contributed by atoms with Crippen molar-refractivity contribution in [3.8, 4) is 0 Å². The van der Waals surface area contributed by atoms with Gasteiger partial charge in [0.25, 0.3) is 0 Å². The van der Waals surface area contributed by atoms with Crippen molar-refractivity contribution in [2.24, 2.45) is 0 Å². The monoisotopic (exact) mass is 244 g/mol. The van der Waals surface area contributed by atoms with E-state index in [0.29, 0.717) is 0 Å². The minimum Gasteiger partial charge on any atom is -0.389 e. The highest BCUT2D eigenvalue weighted by Crippen LogP contribution is 2.19. The third-order valence-corrected chi connectivity index (χ3v) is 3.32. The van der Waals surface area contributed by atoms with Crippen LogP contribution in [0.4, 0.5) is 5.82 Å². The molecule has 0 amide bonds. The molecule has 3 rings (SSSR count). The molecule has 0 saturated carbocycles. The van der Waals surface area contributed by atoms with Crippen molar-refractivity contribution >= 4 is 5.82 Å². The van der Waals surface area contributed by atoms with E-state index < -0.39 is 6.10 Å². The number of hydrogen-bond acceptors (Lipinski definition) is 4. The standard InChI is InChI=1S/C13H16N4O/c1-10(18)11-2-3-12(15-8-11)17-7-6-16-5-4-14-13(16)9-17/h2-5,8,10,18H,6-7,9H2,1H3/t10-/m0/s1. The molecule has 3 heterocycles. The fourth-order valence-corrected chi connectivity index (χ4v) is 2.20. The van der Waals surface area contributed by atoms with Crippen LogP contribution in [0.15, 0.2) is 30.7 Å². The van der Waals surface area contributed by atoms with Crippen molar-refractivity contribution in [1.29, 1.82) is 0 Å². The first-order valence-corrected chi connectivity index (χ1v) is 6.13. The Hall–Kier alpha value is -1.88. The summed E-state index contributed by atoms with van der Waals surface area (Å²) in [4.78, 5) is 10.9. The van der Waals surface area contributed by atoms with E-state index in [2.05, 4.69) is 19.4 Å². The number of anilines is 1. The Kier molecular flexibility index (Phi) is 2.76. The molecule has 1 atom stereocenters. The summed E-state index contributed by atoms with van der Waals surface area (Å²) in [5, 5.41) is 9.46. The van der Waals surface area contributed by atoms with Gasteiger partial charge in [0, 0.05) is 31.7 Å². The van der Waals surface area contributed by atoms with Crippen molar-refractivity contribution in [3.05, 3.63) is 42.1 Å². The Labute approximate surface area is 106 Å². The zero-order valence-electron chi connectivity index (χ0n) is 10.3. The quantitative estimate of drug-likeness (QED) is 0.866. The van der Waals surface area contributed by atoms with Gasteiger partial charge in [0.15, 0.2) is 0 Å². The molecule has 0 radical (unpaired) electrons. The SMILES string of the molecule is C[C@H](O)c1ccc(N2CCn3ccnc3C2)nc1. The molecule has 0 aliphatic carbocycles. The van der Waals surface area contributed by atoms with Crippen LogP contribution < -0.4 is 4.90 Å². The molecular formula is C13H16N4O. The molecule has 1 aliphatic heterocycles. The summed E-state index contributed by atoms with van der Waals surface area (Å²) in [5.41, 5.74) is 0.845. The van der Waals surface area contributed by atoms with E-state index in [9.17, 15) is 5.11 Å². The van der Waals surface area contributed by atoms with Gasteiger partial charge in [-0.1, -0.05) is 6.07 Å². The molecule has 2 aromatic rings. The number of hydrogen-bond donors (Lipinski definition) is 1. The number of aromatic nitrogens is 3. The number of aliphatic hydroxyl groups excluding tert-OH is 1.